The van der Waals surface area contributed by atoms with Crippen molar-refractivity contribution in [3.63, 3.8) is 0 Å². The van der Waals surface area contributed by atoms with Crippen molar-refractivity contribution in [2.24, 2.45) is 0 Å². The van der Waals surface area contributed by atoms with E-state index in [4.69, 9.17) is 5.11 Å². The van der Waals surface area contributed by atoms with Gasteiger partial charge in [0.15, 0.2) is 0 Å². The fourth-order valence-corrected chi connectivity index (χ4v) is 2.43. The van der Waals surface area contributed by atoms with E-state index in [0.717, 1.165) is 17.5 Å². The molecule has 0 unspecified atom stereocenters. The van der Waals surface area contributed by atoms with Gasteiger partial charge in [-0.05, 0) is 42.3 Å². The lowest BCUT2D eigenvalue weighted by atomic mass is 10.1. The highest BCUT2D eigenvalue weighted by Crippen LogP contribution is 2.18. The molecule has 1 amide bonds. The number of aromatic carboxylic acids is 1. The third-order valence-electron chi connectivity index (χ3n) is 3.94. The molecule has 1 heterocycles. The number of amides is 1. The average molecular weight is 382 g/mol. The van der Waals surface area contributed by atoms with Crippen LogP contribution in [-0.2, 0) is 11.2 Å². The second-order valence-corrected chi connectivity index (χ2v) is 6.20. The van der Waals surface area contributed by atoms with E-state index in [0.29, 0.717) is 12.1 Å². The highest BCUT2D eigenvalue weighted by Gasteiger charge is 2.06. The number of carbonyl (C=O) groups excluding carboxylic acids is 1. The molecule has 6 heteroatoms. The number of benzene rings is 1. The van der Waals surface area contributed by atoms with Crippen molar-refractivity contribution in [2.75, 3.05) is 6.54 Å². The first-order valence-electron chi connectivity index (χ1n) is 9.07. The van der Waals surface area contributed by atoms with E-state index >= 15 is 0 Å². The normalized spacial score (nSPS) is 11.6. The highest BCUT2D eigenvalue weighted by molar-refractivity contribution is 5.88. The van der Waals surface area contributed by atoms with Crippen LogP contribution in [0.2, 0.25) is 0 Å². The van der Waals surface area contributed by atoms with Crippen molar-refractivity contribution in [1.82, 2.24) is 10.3 Å². The fraction of sp³-hybridized carbons (Fsp3) is 0.227. The van der Waals surface area contributed by atoms with Gasteiger partial charge in [0, 0.05) is 18.3 Å². The number of aromatic nitrogens is 1. The standard InChI is InChI=1S/C22H23FN2O3/c1-2-3-5-19(23)6-4-13-24-21(26)14-16-7-12-20(25-15-16)17-8-10-18(11-9-17)22(27)28/h4-12,15H,2-3,13-14H2,1H3,(H,24,26)(H,27,28)/b6-4+,19-5+. The van der Waals surface area contributed by atoms with Crippen molar-refractivity contribution in [2.45, 2.75) is 26.2 Å². The predicted molar refractivity (Wildman–Crippen MR) is 107 cm³/mol. The number of allylic oxidation sites excluding steroid dienone is 3. The Morgan fingerprint density at radius 3 is 2.54 bits per heavy atom. The molecule has 146 valence electrons. The van der Waals surface area contributed by atoms with Gasteiger partial charge in [0.05, 0.1) is 17.7 Å². The van der Waals surface area contributed by atoms with Crippen molar-refractivity contribution < 1.29 is 19.1 Å². The molecule has 0 aliphatic carbocycles. The van der Waals surface area contributed by atoms with Crippen LogP contribution >= 0.6 is 0 Å². The first-order valence-corrected chi connectivity index (χ1v) is 9.07. The Hall–Kier alpha value is -3.28. The summed E-state index contributed by atoms with van der Waals surface area (Å²) in [5, 5.41) is 11.6. The van der Waals surface area contributed by atoms with E-state index in [1.165, 1.54) is 24.3 Å². The molecular weight excluding hydrogens is 359 g/mol. The maximum atomic E-state index is 13.3. The summed E-state index contributed by atoms with van der Waals surface area (Å²) in [4.78, 5) is 27.2. The molecule has 0 fully saturated rings. The van der Waals surface area contributed by atoms with Crippen molar-refractivity contribution in [3.8, 4) is 11.3 Å². The lowest BCUT2D eigenvalue weighted by Gasteiger charge is -2.05. The minimum atomic E-state index is -0.976. The van der Waals surface area contributed by atoms with Gasteiger partial charge in [0.1, 0.15) is 5.83 Å². The van der Waals surface area contributed by atoms with Gasteiger partial charge in [-0.3, -0.25) is 9.78 Å². The van der Waals surface area contributed by atoms with Crippen molar-refractivity contribution in [3.05, 3.63) is 77.8 Å². The molecule has 0 atom stereocenters. The number of hydrogen-bond donors (Lipinski definition) is 2. The fourth-order valence-electron chi connectivity index (χ4n) is 2.43. The maximum absolute atomic E-state index is 13.3. The molecule has 1 aromatic carbocycles. The maximum Gasteiger partial charge on any atom is 0.335 e. The van der Waals surface area contributed by atoms with Crippen LogP contribution in [0, 0.1) is 0 Å². The number of pyridine rings is 1. The number of hydrogen-bond acceptors (Lipinski definition) is 3. The average Bonchev–Trinajstić information content (AvgIpc) is 2.70. The van der Waals surface area contributed by atoms with Crippen LogP contribution < -0.4 is 5.32 Å². The monoisotopic (exact) mass is 382 g/mol. The smallest absolute Gasteiger partial charge is 0.335 e. The van der Waals surface area contributed by atoms with Crippen LogP contribution in [-0.4, -0.2) is 28.5 Å². The molecule has 2 rings (SSSR count). The van der Waals surface area contributed by atoms with Gasteiger partial charge in [-0.25, -0.2) is 9.18 Å². The second kappa shape index (κ2) is 10.8. The second-order valence-electron chi connectivity index (χ2n) is 6.20. The minimum absolute atomic E-state index is 0.174. The summed E-state index contributed by atoms with van der Waals surface area (Å²) in [5.41, 5.74) is 2.45. The first-order chi connectivity index (χ1) is 13.5. The number of nitrogens with one attached hydrogen (secondary N) is 1. The number of rotatable bonds is 9. The number of halogens is 1. The van der Waals surface area contributed by atoms with Gasteiger partial charge in [0.25, 0.3) is 0 Å². The van der Waals surface area contributed by atoms with Crippen molar-refractivity contribution >= 4 is 11.9 Å². The zero-order chi connectivity index (χ0) is 20.4. The Labute approximate surface area is 163 Å². The molecule has 2 aromatic rings. The highest BCUT2D eigenvalue weighted by atomic mass is 19.1. The molecule has 0 radical (unpaired) electrons. The van der Waals surface area contributed by atoms with E-state index in [1.54, 1.807) is 36.5 Å². The van der Waals surface area contributed by atoms with Crippen LogP contribution in [0.25, 0.3) is 11.3 Å². The predicted octanol–water partition coefficient (Wildman–Crippen LogP) is 4.32. The van der Waals surface area contributed by atoms with Gasteiger partial charge in [-0.15, -0.1) is 0 Å². The molecule has 0 saturated heterocycles. The van der Waals surface area contributed by atoms with E-state index in [9.17, 15) is 14.0 Å². The molecular formula is C22H23FN2O3. The molecule has 1 aromatic heterocycles. The van der Waals surface area contributed by atoms with Gasteiger partial charge in [0.2, 0.25) is 5.91 Å². The van der Waals surface area contributed by atoms with Gasteiger partial charge in [-0.1, -0.05) is 37.6 Å². The quantitative estimate of drug-likeness (QED) is 0.633. The Kier molecular flexibility index (Phi) is 8.09. The zero-order valence-electron chi connectivity index (χ0n) is 15.7. The lowest BCUT2D eigenvalue weighted by Crippen LogP contribution is -2.25. The van der Waals surface area contributed by atoms with Gasteiger partial charge in [-0.2, -0.15) is 0 Å². The number of carboxylic acid groups (broad SMARTS) is 1. The molecule has 0 bridgehead atoms. The topological polar surface area (TPSA) is 79.3 Å². The third-order valence-corrected chi connectivity index (χ3v) is 3.94. The number of carbonyl (C=O) groups is 2. The number of nitrogens with zero attached hydrogens (tertiary/aromatic N) is 1. The summed E-state index contributed by atoms with van der Waals surface area (Å²) in [6.07, 6.45) is 7.80. The summed E-state index contributed by atoms with van der Waals surface area (Å²) in [7, 11) is 0. The lowest BCUT2D eigenvalue weighted by molar-refractivity contribution is -0.120. The van der Waals surface area contributed by atoms with Gasteiger partial charge >= 0.3 is 5.97 Å². The molecule has 2 N–H and O–H groups in total. The van der Waals surface area contributed by atoms with E-state index < -0.39 is 5.97 Å². The molecule has 0 aliphatic rings. The Bertz CT molecular complexity index is 856. The largest absolute Gasteiger partial charge is 0.478 e. The van der Waals surface area contributed by atoms with E-state index in [-0.39, 0.29) is 30.3 Å². The van der Waals surface area contributed by atoms with Gasteiger partial charge < -0.3 is 10.4 Å². The first kappa shape index (κ1) is 21.0. The molecule has 0 aliphatic heterocycles. The van der Waals surface area contributed by atoms with Crippen LogP contribution in [0.15, 0.2) is 66.6 Å². The molecule has 28 heavy (non-hydrogen) atoms. The SMILES string of the molecule is CCC/C=C(F)\C=C\CNC(=O)Cc1ccc(-c2ccc(C(=O)O)cc2)nc1. The van der Waals surface area contributed by atoms with E-state index in [1.807, 2.05) is 6.92 Å². The summed E-state index contributed by atoms with van der Waals surface area (Å²) in [5.74, 6) is -1.45. The number of unbranched alkanes of at least 4 members (excludes halogenated alkanes) is 1. The summed E-state index contributed by atoms with van der Waals surface area (Å²) < 4.78 is 13.3. The molecule has 0 spiro atoms. The van der Waals surface area contributed by atoms with Crippen LogP contribution in [0.5, 0.6) is 0 Å². The summed E-state index contributed by atoms with van der Waals surface area (Å²) >= 11 is 0. The van der Waals surface area contributed by atoms with Crippen LogP contribution in [0.3, 0.4) is 0 Å². The Balaban J connectivity index is 1.85. The van der Waals surface area contributed by atoms with Crippen LogP contribution in [0.4, 0.5) is 4.39 Å². The molecule has 0 saturated carbocycles. The van der Waals surface area contributed by atoms with Crippen LogP contribution in [0.1, 0.15) is 35.7 Å². The Morgan fingerprint density at radius 1 is 1.18 bits per heavy atom. The third kappa shape index (κ3) is 6.79. The minimum Gasteiger partial charge on any atom is -0.478 e. The molecule has 5 nitrogen and oxygen atoms in total. The Morgan fingerprint density at radius 2 is 1.93 bits per heavy atom. The summed E-state index contributed by atoms with van der Waals surface area (Å²) in [6.45, 7) is 2.23. The zero-order valence-corrected chi connectivity index (χ0v) is 15.7. The number of carboxylic acids is 1. The summed E-state index contributed by atoms with van der Waals surface area (Å²) in [6, 6.07) is 10.0. The van der Waals surface area contributed by atoms with Crippen molar-refractivity contribution in [1.29, 1.82) is 0 Å². The van der Waals surface area contributed by atoms with E-state index in [2.05, 4.69) is 10.3 Å².